The van der Waals surface area contributed by atoms with Gasteiger partial charge in [-0.15, -0.1) is 12.4 Å². The van der Waals surface area contributed by atoms with Gasteiger partial charge in [0.25, 0.3) is 5.91 Å². The highest BCUT2D eigenvalue weighted by Gasteiger charge is 2.35. The number of furan rings is 1. The molecule has 4 heterocycles. The molecule has 2 bridgehead atoms. The Balaban J connectivity index is 0.00000289. The largest absolute Gasteiger partial charge is 0.450 e. The van der Waals surface area contributed by atoms with E-state index in [1.807, 2.05) is 63.2 Å². The van der Waals surface area contributed by atoms with Gasteiger partial charge < -0.3 is 25.3 Å². The van der Waals surface area contributed by atoms with Crippen LogP contribution in [-0.2, 0) is 0 Å². The van der Waals surface area contributed by atoms with Crippen molar-refractivity contribution in [2.75, 3.05) is 25.0 Å². The lowest BCUT2D eigenvalue weighted by Gasteiger charge is -2.44. The van der Waals surface area contributed by atoms with Crippen LogP contribution in [-0.4, -0.2) is 48.1 Å². The lowest BCUT2D eigenvalue weighted by Crippen LogP contribution is -2.57. The molecule has 1 aromatic heterocycles. The van der Waals surface area contributed by atoms with Crippen LogP contribution in [0.3, 0.4) is 0 Å². The first-order chi connectivity index (χ1) is 16.3. The number of fused-ring (bicyclic) bond motifs is 4. The van der Waals surface area contributed by atoms with Gasteiger partial charge in [0.1, 0.15) is 5.58 Å². The van der Waals surface area contributed by atoms with E-state index in [-0.39, 0.29) is 35.9 Å². The van der Waals surface area contributed by atoms with Crippen molar-refractivity contribution in [2.24, 2.45) is 5.92 Å². The number of urea groups is 1. The van der Waals surface area contributed by atoms with E-state index in [1.165, 1.54) is 0 Å². The molecule has 0 aliphatic carbocycles. The molecule has 7 nitrogen and oxygen atoms in total. The average Bonchev–Trinajstić information content (AvgIpc) is 3.24. The van der Waals surface area contributed by atoms with E-state index < -0.39 is 0 Å². The smallest absolute Gasteiger partial charge is 0.319 e. The third-order valence-corrected chi connectivity index (χ3v) is 6.69. The molecule has 0 saturated carbocycles. The molecular formula is C27H33ClN4O3. The second kappa shape index (κ2) is 9.91. The van der Waals surface area contributed by atoms with Crippen molar-refractivity contribution >= 4 is 41.0 Å². The quantitative estimate of drug-likeness (QED) is 0.459. The summed E-state index contributed by atoms with van der Waals surface area (Å²) >= 11 is 0. The summed E-state index contributed by atoms with van der Waals surface area (Å²) < 4.78 is 6.12. The highest BCUT2D eigenvalue weighted by Crippen LogP contribution is 2.35. The Morgan fingerprint density at radius 2 is 1.71 bits per heavy atom. The van der Waals surface area contributed by atoms with E-state index in [9.17, 15) is 9.59 Å². The van der Waals surface area contributed by atoms with Crippen molar-refractivity contribution < 1.29 is 14.0 Å². The first-order valence-electron chi connectivity index (χ1n) is 12.0. The number of carbonyl (C=O) groups excluding carboxylic acids is 2. The Morgan fingerprint density at radius 1 is 1.00 bits per heavy atom. The van der Waals surface area contributed by atoms with Gasteiger partial charge in [-0.25, -0.2) is 4.79 Å². The van der Waals surface area contributed by atoms with Gasteiger partial charge in [0.2, 0.25) is 0 Å². The van der Waals surface area contributed by atoms with Gasteiger partial charge in [0.15, 0.2) is 5.76 Å². The minimum absolute atomic E-state index is 0. The molecule has 3 amide bonds. The number of nitrogens with one attached hydrogen (secondary N) is 3. The highest BCUT2D eigenvalue weighted by molar-refractivity contribution is 6.03. The second-order valence-corrected chi connectivity index (χ2v) is 10.4. The number of hydrogen-bond donors (Lipinski definition) is 3. The van der Waals surface area contributed by atoms with E-state index >= 15 is 0 Å². The molecule has 2 aromatic carbocycles. The summed E-state index contributed by atoms with van der Waals surface area (Å²) in [6.07, 6.45) is 2.28. The van der Waals surface area contributed by atoms with Gasteiger partial charge in [0, 0.05) is 34.6 Å². The molecule has 8 heteroatoms. The minimum atomic E-state index is -0.350. The van der Waals surface area contributed by atoms with Gasteiger partial charge >= 0.3 is 6.03 Å². The van der Waals surface area contributed by atoms with Crippen LogP contribution >= 0.6 is 12.4 Å². The molecule has 186 valence electrons. The molecule has 1 atom stereocenters. The van der Waals surface area contributed by atoms with Gasteiger partial charge in [-0.3, -0.25) is 4.79 Å². The van der Waals surface area contributed by atoms with Gasteiger partial charge in [-0.05, 0) is 64.8 Å². The molecule has 3 fully saturated rings. The number of para-hydroxylation sites is 2. The number of rotatable bonds is 4. The Kier molecular flexibility index (Phi) is 7.10. The van der Waals surface area contributed by atoms with Crippen LogP contribution in [0.5, 0.6) is 0 Å². The predicted octanol–water partition coefficient (Wildman–Crippen LogP) is 5.27. The van der Waals surface area contributed by atoms with Gasteiger partial charge in [-0.1, -0.05) is 36.4 Å². The molecule has 35 heavy (non-hydrogen) atoms. The van der Waals surface area contributed by atoms with Gasteiger partial charge in [0.05, 0.1) is 5.69 Å². The number of benzene rings is 2. The van der Waals surface area contributed by atoms with Crippen molar-refractivity contribution in [1.29, 1.82) is 0 Å². The summed E-state index contributed by atoms with van der Waals surface area (Å²) in [5, 5.41) is 9.94. The molecule has 0 radical (unpaired) electrons. The molecular weight excluding hydrogens is 464 g/mol. The average molecular weight is 497 g/mol. The Morgan fingerprint density at radius 3 is 2.40 bits per heavy atom. The van der Waals surface area contributed by atoms with E-state index in [4.69, 9.17) is 4.42 Å². The summed E-state index contributed by atoms with van der Waals surface area (Å²) in [7, 11) is 0. The minimum Gasteiger partial charge on any atom is -0.450 e. The zero-order valence-corrected chi connectivity index (χ0v) is 21.2. The van der Waals surface area contributed by atoms with E-state index in [2.05, 4.69) is 20.9 Å². The molecule has 3 N–H and O–H groups in total. The van der Waals surface area contributed by atoms with Crippen LogP contribution in [0.15, 0.2) is 52.9 Å². The monoisotopic (exact) mass is 496 g/mol. The molecule has 3 saturated heterocycles. The zero-order chi connectivity index (χ0) is 23.9. The van der Waals surface area contributed by atoms with E-state index in [0.717, 1.165) is 49.0 Å². The fourth-order valence-corrected chi connectivity index (χ4v) is 5.08. The highest BCUT2D eigenvalue weighted by atomic mass is 35.5. The number of halogens is 1. The number of carbonyl (C=O) groups is 2. The maximum Gasteiger partial charge on any atom is 0.319 e. The topological polar surface area (TPSA) is 86.6 Å². The van der Waals surface area contributed by atoms with E-state index in [1.54, 1.807) is 6.07 Å². The normalized spacial score (nSPS) is 21.3. The molecule has 3 aliphatic rings. The number of nitrogens with zero attached hydrogens (tertiary/aromatic N) is 1. The van der Waals surface area contributed by atoms with Crippen molar-refractivity contribution in [2.45, 2.75) is 45.2 Å². The Labute approximate surface area is 212 Å². The molecule has 6 rings (SSSR count). The number of amides is 3. The van der Waals surface area contributed by atoms with Crippen LogP contribution in [0.1, 0.15) is 44.2 Å². The summed E-state index contributed by atoms with van der Waals surface area (Å²) in [6, 6.07) is 15.1. The number of piperidine rings is 3. The molecule has 0 unspecified atom stereocenters. The zero-order valence-electron chi connectivity index (χ0n) is 20.4. The summed E-state index contributed by atoms with van der Waals surface area (Å²) in [5.41, 5.74) is 2.61. The van der Waals surface area contributed by atoms with Crippen LogP contribution in [0.2, 0.25) is 0 Å². The molecule has 0 spiro atoms. The third-order valence-electron chi connectivity index (χ3n) is 6.69. The predicted molar refractivity (Wildman–Crippen MR) is 141 cm³/mol. The van der Waals surface area contributed by atoms with E-state index in [0.29, 0.717) is 22.9 Å². The van der Waals surface area contributed by atoms with Crippen molar-refractivity contribution in [3.05, 3.63) is 54.3 Å². The number of anilines is 1. The van der Waals surface area contributed by atoms with Crippen LogP contribution in [0, 0.1) is 5.92 Å². The van der Waals surface area contributed by atoms with Crippen molar-refractivity contribution in [3.8, 4) is 11.1 Å². The SMILES string of the molecule is CC(C)(C)NC(=O)Nc1ccccc1-c1cccc2cc(C(=O)N[C@H]3CN4CCC3CC4)oc12.Cl. The van der Waals surface area contributed by atoms with Crippen LogP contribution in [0.4, 0.5) is 10.5 Å². The second-order valence-electron chi connectivity index (χ2n) is 10.4. The lowest BCUT2D eigenvalue weighted by atomic mass is 9.84. The summed E-state index contributed by atoms with van der Waals surface area (Å²) in [5.74, 6) is 0.692. The maximum atomic E-state index is 13.1. The Bertz CT molecular complexity index is 1220. The maximum absolute atomic E-state index is 13.1. The molecule has 3 aliphatic heterocycles. The fraction of sp³-hybridized carbons (Fsp3) is 0.407. The lowest BCUT2D eigenvalue weighted by molar-refractivity contribution is 0.0607. The summed E-state index contributed by atoms with van der Waals surface area (Å²) in [6.45, 7) is 8.98. The fourth-order valence-electron chi connectivity index (χ4n) is 5.08. The van der Waals surface area contributed by atoms with Gasteiger partial charge in [-0.2, -0.15) is 0 Å². The number of hydrogen-bond acceptors (Lipinski definition) is 4. The first-order valence-corrected chi connectivity index (χ1v) is 12.0. The van der Waals surface area contributed by atoms with Crippen molar-refractivity contribution in [1.82, 2.24) is 15.5 Å². The standard InChI is InChI=1S/C27H32N4O3.ClH/c1-27(2,3)30-26(33)29-21-10-5-4-8-19(21)20-9-6-7-18-15-23(34-24(18)20)25(32)28-22-16-31-13-11-17(22)12-14-31;/h4-10,15,17,22H,11-14,16H2,1-3H3,(H,28,32)(H2,29,30,33);1H/t22-;/m0./s1. The summed E-state index contributed by atoms with van der Waals surface area (Å²) in [4.78, 5) is 28.0. The van der Waals surface area contributed by atoms with Crippen LogP contribution < -0.4 is 16.0 Å². The van der Waals surface area contributed by atoms with Crippen molar-refractivity contribution in [3.63, 3.8) is 0 Å². The third kappa shape index (κ3) is 5.46. The molecule has 3 aromatic rings. The Hall–Kier alpha value is -3.03. The first kappa shape index (κ1) is 25.1. The van der Waals surface area contributed by atoms with Crippen LogP contribution in [0.25, 0.3) is 22.1 Å².